The molecule has 0 aromatic heterocycles. The van der Waals surface area contributed by atoms with E-state index in [0.717, 1.165) is 38.5 Å². The van der Waals surface area contributed by atoms with Gasteiger partial charge in [-0.2, -0.15) is 0 Å². The highest BCUT2D eigenvalue weighted by atomic mass is 16.7. The van der Waals surface area contributed by atoms with Gasteiger partial charge in [0, 0.05) is 7.11 Å². The number of carbonyl (C=O) groups excluding carboxylic acids is 1. The Kier molecular flexibility index (Phi) is 27.3. The second-order valence-electron chi connectivity index (χ2n) is 14.5. The molecule has 1 aliphatic rings. The molecule has 0 bridgehead atoms. The molecule has 0 aromatic rings. The Morgan fingerprint density at radius 2 is 1.02 bits per heavy atom. The van der Waals surface area contributed by atoms with Gasteiger partial charge in [0.05, 0.1) is 12.0 Å². The number of carbonyl (C=O) groups is 1. The second-order valence-corrected chi connectivity index (χ2v) is 14.5. The highest BCUT2D eigenvalue weighted by Gasteiger charge is 2.45. The van der Waals surface area contributed by atoms with Crippen molar-refractivity contribution in [3.8, 4) is 0 Å². The third kappa shape index (κ3) is 19.9. The Balaban J connectivity index is 2.51. The fourth-order valence-corrected chi connectivity index (χ4v) is 6.96. The van der Waals surface area contributed by atoms with E-state index in [4.69, 9.17) is 14.2 Å². The van der Waals surface area contributed by atoms with Crippen LogP contribution < -0.4 is 0 Å². The van der Waals surface area contributed by atoms with Gasteiger partial charge in [-0.1, -0.05) is 168 Å². The first kappa shape index (κ1) is 44.3. The maximum atomic E-state index is 13.4. The standard InChI is InChI=1S/C39H76O8/c1-5-7-9-11-13-15-17-18-19-21-23-25-27-29-32(40)34(31(3)28-26-24-22-20-16-14-12-10-8-6-2)38(44)46-30-33-35(41)36(42)37(43)39(45-4)47-33/h31-37,39-43H,5-30H2,1-4H3/t31-,32+,33-,34+,35-,36+,37-,39+/m1/s1. The maximum Gasteiger partial charge on any atom is 0.311 e. The fourth-order valence-electron chi connectivity index (χ4n) is 6.96. The molecular formula is C39H76O8. The zero-order chi connectivity index (χ0) is 34.7. The smallest absolute Gasteiger partial charge is 0.311 e. The highest BCUT2D eigenvalue weighted by Crippen LogP contribution is 2.28. The molecule has 0 aromatic carbocycles. The van der Waals surface area contributed by atoms with Crippen LogP contribution >= 0.6 is 0 Å². The SMILES string of the molecule is CCCCCCCCCCCCCCC[C@H](O)[C@@H](C(=O)OC[C@H]1O[C@H](OC)[C@H](O)[C@@H](O)[C@@H]1O)[C@H](C)CCCCCCCCCCCC. The Morgan fingerprint density at radius 3 is 1.45 bits per heavy atom. The van der Waals surface area contributed by atoms with Gasteiger partial charge >= 0.3 is 5.97 Å². The van der Waals surface area contributed by atoms with Crippen LogP contribution in [-0.4, -0.2) is 76.9 Å². The number of hydrogen-bond donors (Lipinski definition) is 4. The van der Waals surface area contributed by atoms with Gasteiger partial charge in [0.15, 0.2) is 6.29 Å². The minimum atomic E-state index is -1.48. The van der Waals surface area contributed by atoms with Crippen molar-refractivity contribution in [1.29, 1.82) is 0 Å². The van der Waals surface area contributed by atoms with Crippen LogP contribution in [0.5, 0.6) is 0 Å². The van der Waals surface area contributed by atoms with Crippen molar-refractivity contribution in [1.82, 2.24) is 0 Å². The number of methoxy groups -OCH3 is 1. The predicted octanol–water partition coefficient (Wildman–Crippen LogP) is 8.39. The minimum Gasteiger partial charge on any atom is -0.463 e. The Labute approximate surface area is 288 Å². The largest absolute Gasteiger partial charge is 0.463 e. The second kappa shape index (κ2) is 29.0. The summed E-state index contributed by atoms with van der Waals surface area (Å²) in [6.45, 7) is 6.23. The number of aliphatic hydroxyl groups is 4. The van der Waals surface area contributed by atoms with Gasteiger partial charge in [-0.25, -0.2) is 0 Å². The van der Waals surface area contributed by atoms with Crippen molar-refractivity contribution in [2.24, 2.45) is 11.8 Å². The molecule has 0 amide bonds. The van der Waals surface area contributed by atoms with Crippen LogP contribution in [-0.2, 0) is 19.0 Å². The lowest BCUT2D eigenvalue weighted by Crippen LogP contribution is -2.59. The molecule has 0 aliphatic carbocycles. The van der Waals surface area contributed by atoms with Gasteiger partial charge in [0.1, 0.15) is 31.0 Å². The summed E-state index contributed by atoms with van der Waals surface area (Å²) in [6.07, 6.45) is 22.9. The fraction of sp³-hybridized carbons (Fsp3) is 0.974. The number of ether oxygens (including phenoxy) is 3. The van der Waals surface area contributed by atoms with Crippen LogP contribution in [0.4, 0.5) is 0 Å². The number of hydrogen-bond acceptors (Lipinski definition) is 8. The molecule has 0 spiro atoms. The van der Waals surface area contributed by atoms with Gasteiger partial charge in [0.25, 0.3) is 0 Å². The number of rotatable bonds is 31. The van der Waals surface area contributed by atoms with Crippen molar-refractivity contribution in [3.63, 3.8) is 0 Å². The molecule has 8 heteroatoms. The molecule has 47 heavy (non-hydrogen) atoms. The molecule has 1 fully saturated rings. The monoisotopic (exact) mass is 673 g/mol. The van der Waals surface area contributed by atoms with E-state index in [0.29, 0.717) is 6.42 Å². The summed E-state index contributed by atoms with van der Waals surface area (Å²) < 4.78 is 16.2. The van der Waals surface area contributed by atoms with E-state index in [-0.39, 0.29) is 12.5 Å². The predicted molar refractivity (Wildman–Crippen MR) is 190 cm³/mol. The summed E-state index contributed by atoms with van der Waals surface area (Å²) in [4.78, 5) is 13.4. The zero-order valence-corrected chi connectivity index (χ0v) is 30.9. The molecule has 1 heterocycles. The van der Waals surface area contributed by atoms with Crippen LogP contribution in [0.3, 0.4) is 0 Å². The summed E-state index contributed by atoms with van der Waals surface area (Å²) in [5, 5.41) is 41.9. The van der Waals surface area contributed by atoms with Crippen molar-refractivity contribution in [2.75, 3.05) is 13.7 Å². The molecule has 1 aliphatic heterocycles. The van der Waals surface area contributed by atoms with Gasteiger partial charge in [-0.3, -0.25) is 4.79 Å². The number of esters is 1. The van der Waals surface area contributed by atoms with E-state index in [1.165, 1.54) is 123 Å². The van der Waals surface area contributed by atoms with Gasteiger partial charge in [-0.15, -0.1) is 0 Å². The molecule has 1 rings (SSSR count). The normalized spacial score (nSPS) is 23.4. The van der Waals surface area contributed by atoms with Crippen molar-refractivity contribution >= 4 is 5.97 Å². The summed E-state index contributed by atoms with van der Waals surface area (Å²) in [5.74, 6) is -1.22. The quantitative estimate of drug-likeness (QED) is 0.0428. The summed E-state index contributed by atoms with van der Waals surface area (Å²) in [5.41, 5.74) is 0. The maximum absolute atomic E-state index is 13.4. The third-order valence-corrected chi connectivity index (χ3v) is 10.2. The van der Waals surface area contributed by atoms with Crippen LogP contribution in [0.15, 0.2) is 0 Å². The van der Waals surface area contributed by atoms with E-state index in [2.05, 4.69) is 13.8 Å². The van der Waals surface area contributed by atoms with E-state index in [1.807, 2.05) is 6.92 Å². The Morgan fingerprint density at radius 1 is 0.617 bits per heavy atom. The molecule has 0 radical (unpaired) electrons. The summed E-state index contributed by atoms with van der Waals surface area (Å²) in [7, 11) is 1.33. The van der Waals surface area contributed by atoms with Gasteiger partial charge < -0.3 is 34.6 Å². The number of unbranched alkanes of at least 4 members (excludes halogenated alkanes) is 21. The van der Waals surface area contributed by atoms with E-state index in [1.54, 1.807) is 0 Å². The third-order valence-electron chi connectivity index (χ3n) is 10.2. The van der Waals surface area contributed by atoms with Crippen LogP contribution in [0.25, 0.3) is 0 Å². The molecule has 0 saturated carbocycles. The molecule has 1 saturated heterocycles. The van der Waals surface area contributed by atoms with Crippen molar-refractivity contribution in [3.05, 3.63) is 0 Å². The van der Waals surface area contributed by atoms with Gasteiger partial charge in [0.2, 0.25) is 0 Å². The lowest BCUT2D eigenvalue weighted by Gasteiger charge is -2.39. The molecule has 8 nitrogen and oxygen atoms in total. The molecule has 8 atom stereocenters. The van der Waals surface area contributed by atoms with Crippen LogP contribution in [0.1, 0.15) is 181 Å². The molecule has 4 N–H and O–H groups in total. The Hall–Kier alpha value is -0.770. The minimum absolute atomic E-state index is 0.0511. The molecule has 280 valence electrons. The zero-order valence-electron chi connectivity index (χ0n) is 30.9. The summed E-state index contributed by atoms with van der Waals surface area (Å²) >= 11 is 0. The highest BCUT2D eigenvalue weighted by molar-refractivity contribution is 5.73. The average molecular weight is 673 g/mol. The first-order chi connectivity index (χ1) is 22.8. The summed E-state index contributed by atoms with van der Waals surface area (Å²) in [6, 6.07) is 0. The van der Waals surface area contributed by atoms with Crippen molar-refractivity contribution in [2.45, 2.75) is 218 Å². The number of aliphatic hydroxyl groups excluding tert-OH is 4. The van der Waals surface area contributed by atoms with Gasteiger partial charge in [-0.05, 0) is 18.8 Å². The lowest BCUT2D eigenvalue weighted by atomic mass is 9.83. The van der Waals surface area contributed by atoms with Crippen LogP contribution in [0, 0.1) is 11.8 Å². The topological polar surface area (TPSA) is 126 Å². The van der Waals surface area contributed by atoms with Crippen LogP contribution in [0.2, 0.25) is 0 Å². The van der Waals surface area contributed by atoms with E-state index in [9.17, 15) is 25.2 Å². The lowest BCUT2D eigenvalue weighted by molar-refractivity contribution is -0.295. The first-order valence-electron chi connectivity index (χ1n) is 19.9. The molecule has 0 unspecified atom stereocenters. The first-order valence-corrected chi connectivity index (χ1v) is 19.9. The van der Waals surface area contributed by atoms with E-state index >= 15 is 0 Å². The molecular weight excluding hydrogens is 596 g/mol. The Bertz CT molecular complexity index is 719. The average Bonchev–Trinajstić information content (AvgIpc) is 3.06. The van der Waals surface area contributed by atoms with Crippen molar-refractivity contribution < 1.29 is 39.4 Å². The van der Waals surface area contributed by atoms with E-state index < -0.39 is 48.7 Å².